The molecule has 2 aromatic rings. The van der Waals surface area contributed by atoms with Crippen molar-refractivity contribution in [2.75, 3.05) is 13.1 Å². The Kier molecular flexibility index (Phi) is 6.29. The first-order valence-electron chi connectivity index (χ1n) is 9.37. The minimum absolute atomic E-state index is 0.0469. The number of rotatable bonds is 6. The summed E-state index contributed by atoms with van der Waals surface area (Å²) in [4.78, 5) is 12.5. The van der Waals surface area contributed by atoms with E-state index >= 15 is 0 Å². The quantitative estimate of drug-likeness (QED) is 0.830. The smallest absolute Gasteiger partial charge is 0.243 e. The maximum atomic E-state index is 12.7. The Morgan fingerprint density at radius 3 is 2.33 bits per heavy atom. The van der Waals surface area contributed by atoms with Gasteiger partial charge in [0.05, 0.1) is 11.3 Å². The van der Waals surface area contributed by atoms with Crippen LogP contribution < -0.4 is 5.32 Å². The third-order valence-corrected chi connectivity index (χ3v) is 6.89. The van der Waals surface area contributed by atoms with Crippen molar-refractivity contribution in [1.29, 1.82) is 0 Å². The van der Waals surface area contributed by atoms with Gasteiger partial charge in [0, 0.05) is 19.6 Å². The van der Waals surface area contributed by atoms with Gasteiger partial charge in [-0.3, -0.25) is 4.79 Å². The summed E-state index contributed by atoms with van der Waals surface area (Å²) < 4.78 is 26.9. The van der Waals surface area contributed by atoms with E-state index in [1.807, 2.05) is 31.2 Å². The van der Waals surface area contributed by atoms with E-state index in [0.717, 1.165) is 36.0 Å². The normalized spacial score (nSPS) is 15.4. The molecule has 1 amide bonds. The van der Waals surface area contributed by atoms with Crippen LogP contribution in [0.5, 0.6) is 0 Å². The average molecular weight is 387 g/mol. The molecule has 0 atom stereocenters. The third-order valence-electron chi connectivity index (χ3n) is 4.98. The fourth-order valence-corrected chi connectivity index (χ4v) is 4.80. The maximum absolute atomic E-state index is 12.7. The lowest BCUT2D eigenvalue weighted by Crippen LogP contribution is -2.35. The van der Waals surface area contributed by atoms with Gasteiger partial charge in [-0.1, -0.05) is 42.8 Å². The lowest BCUT2D eigenvalue weighted by molar-refractivity contribution is -0.120. The summed E-state index contributed by atoms with van der Waals surface area (Å²) in [6.07, 6.45) is 3.27. The van der Waals surface area contributed by atoms with Crippen LogP contribution in [0, 0.1) is 6.92 Å². The Morgan fingerprint density at radius 2 is 1.67 bits per heavy atom. The van der Waals surface area contributed by atoms with Gasteiger partial charge in [0.25, 0.3) is 0 Å². The molecular formula is C21H26N2O3S. The van der Waals surface area contributed by atoms with Crippen LogP contribution in [0.4, 0.5) is 0 Å². The summed E-state index contributed by atoms with van der Waals surface area (Å²) in [5.74, 6) is -0.0469. The zero-order valence-electron chi connectivity index (χ0n) is 15.6. The van der Waals surface area contributed by atoms with Gasteiger partial charge in [-0.15, -0.1) is 0 Å². The Balaban J connectivity index is 1.57. The van der Waals surface area contributed by atoms with E-state index < -0.39 is 10.0 Å². The van der Waals surface area contributed by atoms with Crippen molar-refractivity contribution in [2.45, 2.75) is 44.0 Å². The summed E-state index contributed by atoms with van der Waals surface area (Å²) in [5, 5.41) is 2.90. The van der Waals surface area contributed by atoms with E-state index in [1.54, 1.807) is 28.6 Å². The fourth-order valence-electron chi connectivity index (χ4n) is 3.28. The zero-order valence-corrected chi connectivity index (χ0v) is 16.5. The lowest BCUT2D eigenvalue weighted by Gasteiger charge is -2.25. The molecule has 6 heteroatoms. The van der Waals surface area contributed by atoms with Crippen LogP contribution in [0.25, 0.3) is 0 Å². The van der Waals surface area contributed by atoms with Crippen molar-refractivity contribution in [3.05, 3.63) is 65.2 Å². The molecule has 27 heavy (non-hydrogen) atoms. The molecule has 1 fully saturated rings. The van der Waals surface area contributed by atoms with E-state index in [4.69, 9.17) is 0 Å². The summed E-state index contributed by atoms with van der Waals surface area (Å²) in [7, 11) is -3.41. The van der Waals surface area contributed by atoms with Gasteiger partial charge in [-0.25, -0.2) is 8.42 Å². The molecule has 1 heterocycles. The highest BCUT2D eigenvalue weighted by Crippen LogP contribution is 2.20. The van der Waals surface area contributed by atoms with Gasteiger partial charge >= 0.3 is 0 Å². The van der Waals surface area contributed by atoms with E-state index in [2.05, 4.69) is 5.32 Å². The molecule has 0 spiro atoms. The van der Waals surface area contributed by atoms with E-state index in [9.17, 15) is 13.2 Å². The average Bonchev–Trinajstić information content (AvgIpc) is 2.69. The molecule has 0 radical (unpaired) electrons. The predicted molar refractivity (Wildman–Crippen MR) is 106 cm³/mol. The highest BCUT2D eigenvalue weighted by atomic mass is 32.2. The Labute approximate surface area is 161 Å². The summed E-state index contributed by atoms with van der Waals surface area (Å²) in [6, 6.07) is 14.6. The van der Waals surface area contributed by atoms with Crippen LogP contribution in [0.3, 0.4) is 0 Å². The second-order valence-electron chi connectivity index (χ2n) is 6.99. The van der Waals surface area contributed by atoms with Gasteiger partial charge in [-0.2, -0.15) is 4.31 Å². The number of nitrogens with zero attached hydrogens (tertiary/aromatic N) is 1. The second kappa shape index (κ2) is 8.67. The van der Waals surface area contributed by atoms with Gasteiger partial charge in [0.1, 0.15) is 0 Å². The minimum Gasteiger partial charge on any atom is -0.352 e. The third kappa shape index (κ3) is 4.96. The molecule has 1 aliphatic heterocycles. The van der Waals surface area contributed by atoms with Gasteiger partial charge < -0.3 is 5.32 Å². The van der Waals surface area contributed by atoms with Crippen molar-refractivity contribution >= 4 is 15.9 Å². The number of hydrogen-bond donors (Lipinski definition) is 1. The van der Waals surface area contributed by atoms with Gasteiger partial charge in [0.2, 0.25) is 15.9 Å². The molecule has 3 rings (SSSR count). The Hall–Kier alpha value is -2.18. The maximum Gasteiger partial charge on any atom is 0.243 e. The van der Waals surface area contributed by atoms with E-state index in [1.165, 1.54) is 0 Å². The van der Waals surface area contributed by atoms with Crippen LogP contribution in [-0.2, 0) is 27.8 Å². The predicted octanol–water partition coefficient (Wildman–Crippen LogP) is 3.03. The van der Waals surface area contributed by atoms with Crippen LogP contribution in [0.1, 0.15) is 36.0 Å². The molecule has 0 saturated carbocycles. The number of hydrogen-bond acceptors (Lipinski definition) is 3. The number of carbonyl (C=O) groups is 1. The first-order chi connectivity index (χ1) is 13.0. The van der Waals surface area contributed by atoms with Crippen molar-refractivity contribution in [3.63, 3.8) is 0 Å². The number of amides is 1. The SMILES string of the molecule is Cc1ccccc1CC(=O)NCc1ccc(S(=O)(=O)N2CCCCC2)cc1. The summed E-state index contributed by atoms with van der Waals surface area (Å²) >= 11 is 0. The molecular weight excluding hydrogens is 360 g/mol. The number of benzene rings is 2. The molecule has 1 saturated heterocycles. The van der Waals surface area contributed by atoms with E-state index in [-0.39, 0.29) is 5.91 Å². The summed E-state index contributed by atoms with van der Waals surface area (Å²) in [5.41, 5.74) is 2.99. The van der Waals surface area contributed by atoms with Crippen molar-refractivity contribution in [3.8, 4) is 0 Å². The summed E-state index contributed by atoms with van der Waals surface area (Å²) in [6.45, 7) is 3.57. The van der Waals surface area contributed by atoms with Gasteiger partial charge in [-0.05, 0) is 48.6 Å². The number of carbonyl (C=O) groups excluding carboxylic acids is 1. The first-order valence-corrected chi connectivity index (χ1v) is 10.8. The van der Waals surface area contributed by atoms with Gasteiger partial charge in [0.15, 0.2) is 0 Å². The van der Waals surface area contributed by atoms with Crippen molar-refractivity contribution in [1.82, 2.24) is 9.62 Å². The minimum atomic E-state index is -3.41. The lowest BCUT2D eigenvalue weighted by atomic mass is 10.1. The molecule has 2 aromatic carbocycles. The molecule has 144 valence electrons. The molecule has 0 aliphatic carbocycles. The molecule has 0 bridgehead atoms. The Bertz CT molecular complexity index is 886. The van der Waals surface area contributed by atoms with Crippen molar-refractivity contribution < 1.29 is 13.2 Å². The highest BCUT2D eigenvalue weighted by Gasteiger charge is 2.25. The monoisotopic (exact) mass is 386 g/mol. The zero-order chi connectivity index (χ0) is 19.3. The number of piperidine rings is 1. The van der Waals surface area contributed by atoms with E-state index in [0.29, 0.717) is 31.0 Å². The standard InChI is InChI=1S/C21H26N2O3S/c1-17-7-3-4-8-19(17)15-21(24)22-16-18-9-11-20(12-10-18)27(25,26)23-13-5-2-6-14-23/h3-4,7-12H,2,5-6,13-16H2,1H3,(H,22,24). The van der Waals surface area contributed by atoms with Crippen molar-refractivity contribution in [2.24, 2.45) is 0 Å². The van der Waals surface area contributed by atoms with Crippen LogP contribution in [0.2, 0.25) is 0 Å². The van der Waals surface area contributed by atoms with Crippen LogP contribution in [-0.4, -0.2) is 31.7 Å². The number of aryl methyl sites for hydroxylation is 1. The largest absolute Gasteiger partial charge is 0.352 e. The molecule has 0 aromatic heterocycles. The molecule has 5 nitrogen and oxygen atoms in total. The molecule has 1 aliphatic rings. The first kappa shape index (κ1) is 19.6. The van der Waals surface area contributed by atoms with Crippen LogP contribution >= 0.6 is 0 Å². The highest BCUT2D eigenvalue weighted by molar-refractivity contribution is 7.89. The second-order valence-corrected chi connectivity index (χ2v) is 8.93. The topological polar surface area (TPSA) is 66.5 Å². The molecule has 1 N–H and O–H groups in total. The fraction of sp³-hybridized carbons (Fsp3) is 0.381. The number of nitrogens with one attached hydrogen (secondary N) is 1. The Morgan fingerprint density at radius 1 is 1.00 bits per heavy atom. The molecule has 0 unspecified atom stereocenters. The van der Waals surface area contributed by atoms with Crippen LogP contribution in [0.15, 0.2) is 53.4 Å². The number of sulfonamides is 1.